The molecule has 0 unspecified atom stereocenters. The second kappa shape index (κ2) is 9.38. The van der Waals surface area contributed by atoms with Crippen LogP contribution in [0.1, 0.15) is 18.1 Å². The molecule has 2 aromatic carbocycles. The van der Waals surface area contributed by atoms with Gasteiger partial charge in [0.1, 0.15) is 17.5 Å². The monoisotopic (exact) mass is 387 g/mol. The zero-order chi connectivity index (χ0) is 20.6. The second-order valence-corrected chi connectivity index (χ2v) is 6.36. The largest absolute Gasteiger partial charge is 0.496 e. The van der Waals surface area contributed by atoms with Gasteiger partial charge in [0, 0.05) is 23.4 Å². The summed E-state index contributed by atoms with van der Waals surface area (Å²) in [5, 5.41) is 13.5. The summed E-state index contributed by atoms with van der Waals surface area (Å²) in [6, 6.07) is 19.4. The van der Waals surface area contributed by atoms with Crippen LogP contribution < -0.4 is 4.74 Å². The van der Waals surface area contributed by atoms with Crippen LogP contribution in [-0.4, -0.2) is 29.0 Å². The van der Waals surface area contributed by atoms with Crippen LogP contribution in [0.4, 0.5) is 0 Å². The maximum Gasteiger partial charge on any atom is 0.332 e. The Balaban J connectivity index is 1.96. The number of para-hydroxylation sites is 1. The first-order chi connectivity index (χ1) is 14.1. The highest BCUT2D eigenvalue weighted by Crippen LogP contribution is 2.31. The van der Waals surface area contributed by atoms with Crippen molar-refractivity contribution in [2.24, 2.45) is 0 Å². The Labute approximate surface area is 169 Å². The Morgan fingerprint density at radius 2 is 1.93 bits per heavy atom. The summed E-state index contributed by atoms with van der Waals surface area (Å²) < 4.78 is 12.3. The van der Waals surface area contributed by atoms with Crippen molar-refractivity contribution < 1.29 is 14.3 Å². The molecule has 0 saturated heterocycles. The lowest BCUT2D eigenvalue weighted by molar-refractivity contribution is -0.139. The molecule has 0 aliphatic heterocycles. The number of aromatic nitrogens is 2. The fourth-order valence-corrected chi connectivity index (χ4v) is 2.86. The lowest BCUT2D eigenvalue weighted by Gasteiger charge is -2.07. The van der Waals surface area contributed by atoms with Crippen LogP contribution >= 0.6 is 0 Å². The van der Waals surface area contributed by atoms with Gasteiger partial charge in [-0.15, -0.1) is 0 Å². The van der Waals surface area contributed by atoms with E-state index in [1.54, 1.807) is 13.2 Å². The van der Waals surface area contributed by atoms with Gasteiger partial charge in [-0.3, -0.25) is 4.68 Å². The van der Waals surface area contributed by atoms with Crippen LogP contribution in [0.15, 0.2) is 66.9 Å². The van der Waals surface area contributed by atoms with Gasteiger partial charge in [-0.2, -0.15) is 10.4 Å². The first-order valence-corrected chi connectivity index (χ1v) is 9.13. The minimum atomic E-state index is -0.804. The molecule has 1 aromatic heterocycles. The Morgan fingerprint density at radius 3 is 2.66 bits per heavy atom. The molecule has 0 aliphatic rings. The molecule has 1 atom stereocenters. The number of hydrogen-bond acceptors (Lipinski definition) is 5. The number of ether oxygens (including phenoxy) is 2. The van der Waals surface area contributed by atoms with Crippen molar-refractivity contribution in [3.63, 3.8) is 0 Å². The molecule has 6 heteroatoms. The molecule has 29 heavy (non-hydrogen) atoms. The third-order valence-corrected chi connectivity index (χ3v) is 4.21. The number of hydrogen-bond donors (Lipinski definition) is 0. The number of methoxy groups -OCH3 is 1. The number of esters is 1. The molecule has 3 aromatic rings. The van der Waals surface area contributed by atoms with E-state index >= 15 is 0 Å². The third-order valence-electron chi connectivity index (χ3n) is 4.21. The fourth-order valence-electron chi connectivity index (χ4n) is 2.86. The van der Waals surface area contributed by atoms with Crippen molar-refractivity contribution in [1.29, 1.82) is 5.26 Å². The fraction of sp³-hybridized carbons (Fsp3) is 0.174. The smallest absolute Gasteiger partial charge is 0.332 e. The summed E-state index contributed by atoms with van der Waals surface area (Å²) in [6.07, 6.45) is 4.01. The third kappa shape index (κ3) is 5.11. The highest BCUT2D eigenvalue weighted by molar-refractivity contribution is 5.89. The topological polar surface area (TPSA) is 77.1 Å². The van der Waals surface area contributed by atoms with Crippen molar-refractivity contribution in [3.8, 4) is 23.1 Å². The molecule has 0 spiro atoms. The molecule has 0 saturated carbocycles. The summed E-state index contributed by atoms with van der Waals surface area (Å²) in [4.78, 5) is 11.9. The zero-order valence-corrected chi connectivity index (χ0v) is 16.3. The zero-order valence-electron chi connectivity index (χ0n) is 16.3. The predicted molar refractivity (Wildman–Crippen MR) is 110 cm³/mol. The highest BCUT2D eigenvalue weighted by Gasteiger charge is 2.14. The lowest BCUT2D eigenvalue weighted by Crippen LogP contribution is -2.10. The summed E-state index contributed by atoms with van der Waals surface area (Å²) in [6.45, 7) is 2.11. The average Bonchev–Trinajstić information content (AvgIpc) is 3.15. The molecule has 146 valence electrons. The van der Waals surface area contributed by atoms with Gasteiger partial charge in [0.15, 0.2) is 6.10 Å². The van der Waals surface area contributed by atoms with E-state index in [1.165, 1.54) is 13.0 Å². The molecular weight excluding hydrogens is 366 g/mol. The van der Waals surface area contributed by atoms with Crippen LogP contribution in [0, 0.1) is 11.3 Å². The first kappa shape index (κ1) is 19.9. The predicted octanol–water partition coefficient (Wildman–Crippen LogP) is 4.08. The van der Waals surface area contributed by atoms with Gasteiger partial charge in [-0.1, -0.05) is 42.5 Å². The second-order valence-electron chi connectivity index (χ2n) is 6.36. The summed E-state index contributed by atoms with van der Waals surface area (Å²) >= 11 is 0. The first-order valence-electron chi connectivity index (χ1n) is 9.13. The number of nitriles is 1. The summed E-state index contributed by atoms with van der Waals surface area (Å²) in [7, 11) is 1.61. The van der Waals surface area contributed by atoms with E-state index in [1.807, 2.05) is 71.5 Å². The summed E-state index contributed by atoms with van der Waals surface area (Å²) in [5.74, 6) is 0.105. The molecule has 0 amide bonds. The number of carbonyl (C=O) groups is 1. The van der Waals surface area contributed by atoms with E-state index in [0.717, 1.165) is 16.7 Å². The average molecular weight is 387 g/mol. The lowest BCUT2D eigenvalue weighted by atomic mass is 10.1. The van der Waals surface area contributed by atoms with E-state index < -0.39 is 12.1 Å². The van der Waals surface area contributed by atoms with E-state index in [-0.39, 0.29) is 0 Å². The number of benzene rings is 2. The molecule has 0 radical (unpaired) electrons. The number of nitrogens with zero attached hydrogens (tertiary/aromatic N) is 3. The van der Waals surface area contributed by atoms with Crippen molar-refractivity contribution in [2.75, 3.05) is 7.11 Å². The molecule has 0 bridgehead atoms. The van der Waals surface area contributed by atoms with E-state index in [2.05, 4.69) is 0 Å². The van der Waals surface area contributed by atoms with Crippen LogP contribution in [0.5, 0.6) is 5.75 Å². The molecule has 1 heterocycles. The Hall–Kier alpha value is -3.85. The minimum Gasteiger partial charge on any atom is -0.496 e. The molecule has 0 aliphatic carbocycles. The molecule has 3 rings (SSSR count). The minimum absolute atomic E-state index is 0.583. The van der Waals surface area contributed by atoms with Crippen LogP contribution in [0.2, 0.25) is 0 Å². The molecular formula is C23H21N3O3. The number of carbonyl (C=O) groups excluding carboxylic acids is 1. The molecule has 0 fully saturated rings. The SMILES string of the molecule is COc1ccccc1-c1nn(Cc2ccccc2)cc1/C=C/C(=O)O[C@H](C)C#N. The van der Waals surface area contributed by atoms with Gasteiger partial charge in [0.05, 0.1) is 13.7 Å². The van der Waals surface area contributed by atoms with Gasteiger partial charge in [-0.25, -0.2) is 4.79 Å². The standard InChI is InChI=1S/C23H21N3O3/c1-17(14-24)29-22(27)13-12-19-16-26(15-18-8-4-3-5-9-18)25-23(19)20-10-6-7-11-21(20)28-2/h3-13,16-17H,15H2,1-2H3/b13-12+/t17-/m1/s1. The maximum absolute atomic E-state index is 11.9. The Kier molecular flexibility index (Phi) is 6.43. The van der Waals surface area contributed by atoms with E-state index in [9.17, 15) is 4.79 Å². The van der Waals surface area contributed by atoms with Crippen molar-refractivity contribution >= 4 is 12.0 Å². The van der Waals surface area contributed by atoms with Gasteiger partial charge >= 0.3 is 5.97 Å². The normalized spacial score (nSPS) is 11.8. The molecule has 6 nitrogen and oxygen atoms in total. The van der Waals surface area contributed by atoms with Crippen LogP contribution in [0.25, 0.3) is 17.3 Å². The van der Waals surface area contributed by atoms with Gasteiger partial charge in [-0.05, 0) is 30.7 Å². The van der Waals surface area contributed by atoms with E-state index in [4.69, 9.17) is 19.8 Å². The van der Waals surface area contributed by atoms with Crippen molar-refractivity contribution in [1.82, 2.24) is 9.78 Å². The van der Waals surface area contributed by atoms with Crippen LogP contribution in [-0.2, 0) is 16.1 Å². The highest BCUT2D eigenvalue weighted by atomic mass is 16.5. The van der Waals surface area contributed by atoms with E-state index in [0.29, 0.717) is 18.0 Å². The van der Waals surface area contributed by atoms with Gasteiger partial charge in [0.25, 0.3) is 0 Å². The van der Waals surface area contributed by atoms with Crippen LogP contribution in [0.3, 0.4) is 0 Å². The van der Waals surface area contributed by atoms with Crippen molar-refractivity contribution in [2.45, 2.75) is 19.6 Å². The molecule has 0 N–H and O–H groups in total. The Bertz CT molecular complexity index is 1050. The maximum atomic E-state index is 11.9. The van der Waals surface area contributed by atoms with Crippen molar-refractivity contribution in [3.05, 3.63) is 78.0 Å². The van der Waals surface area contributed by atoms with Gasteiger partial charge in [0.2, 0.25) is 0 Å². The Morgan fingerprint density at radius 1 is 1.21 bits per heavy atom. The number of rotatable bonds is 7. The quantitative estimate of drug-likeness (QED) is 0.451. The summed E-state index contributed by atoms with van der Waals surface area (Å²) in [5.41, 5.74) is 3.36. The van der Waals surface area contributed by atoms with Gasteiger partial charge < -0.3 is 9.47 Å².